The molecule has 1 unspecified atom stereocenters. The molecule has 0 heterocycles. The molecule has 7 heteroatoms. The number of halogens is 1. The van der Waals surface area contributed by atoms with Gasteiger partial charge in [0.05, 0.1) is 0 Å². The third-order valence-corrected chi connectivity index (χ3v) is 4.62. The van der Waals surface area contributed by atoms with Crippen LogP contribution in [0.4, 0.5) is 10.1 Å². The van der Waals surface area contributed by atoms with E-state index in [0.717, 1.165) is 12.1 Å². The lowest BCUT2D eigenvalue weighted by Crippen LogP contribution is -2.30. The van der Waals surface area contributed by atoms with Crippen molar-refractivity contribution in [3.63, 3.8) is 0 Å². The largest absolute Gasteiger partial charge is 0.399 e. The van der Waals surface area contributed by atoms with Crippen molar-refractivity contribution in [2.45, 2.75) is 17.1 Å². The summed E-state index contributed by atoms with van der Waals surface area (Å²) in [6.07, 6.45) is 1.88. The Bertz CT molecular complexity index is 491. The maximum Gasteiger partial charge on any atom is 0.243 e. The predicted octanol–water partition coefficient (Wildman–Crippen LogP) is 1.44. The molecule has 1 atom stereocenters. The minimum atomic E-state index is -3.84. The zero-order chi connectivity index (χ0) is 13.1. The molecule has 0 amide bonds. The number of rotatable bonds is 5. The minimum Gasteiger partial charge on any atom is -0.399 e. The summed E-state index contributed by atoms with van der Waals surface area (Å²) in [4.78, 5) is -0.411. The van der Waals surface area contributed by atoms with Gasteiger partial charge in [-0.2, -0.15) is 11.8 Å². The van der Waals surface area contributed by atoms with Gasteiger partial charge < -0.3 is 5.73 Å². The molecular weight excluding hydrogens is 263 g/mol. The van der Waals surface area contributed by atoms with E-state index in [1.807, 2.05) is 13.2 Å². The van der Waals surface area contributed by atoms with Crippen LogP contribution in [0.2, 0.25) is 0 Å². The number of sulfonamides is 1. The molecule has 0 bridgehead atoms. The summed E-state index contributed by atoms with van der Waals surface area (Å²) in [5.74, 6) is -0.802. The van der Waals surface area contributed by atoms with E-state index in [1.54, 1.807) is 0 Å². The van der Waals surface area contributed by atoms with E-state index in [9.17, 15) is 12.8 Å². The van der Waals surface area contributed by atoms with Crippen molar-refractivity contribution in [3.8, 4) is 0 Å². The molecule has 0 aliphatic rings. The minimum absolute atomic E-state index is 0.119. The Morgan fingerprint density at radius 1 is 1.53 bits per heavy atom. The van der Waals surface area contributed by atoms with Crippen molar-refractivity contribution in [2.24, 2.45) is 0 Å². The SMILES string of the molecule is CSC(C)CNS(=O)(=O)c1cc(N)ccc1F. The first-order chi connectivity index (χ1) is 7.86. The summed E-state index contributed by atoms with van der Waals surface area (Å²) in [6.45, 7) is 2.13. The lowest BCUT2D eigenvalue weighted by atomic mass is 10.3. The topological polar surface area (TPSA) is 72.2 Å². The molecule has 1 rings (SSSR count). The maximum atomic E-state index is 13.4. The molecule has 17 heavy (non-hydrogen) atoms. The molecule has 0 aliphatic carbocycles. The average molecular weight is 278 g/mol. The molecule has 0 aliphatic heterocycles. The number of nitrogens with one attached hydrogen (secondary N) is 1. The zero-order valence-corrected chi connectivity index (χ0v) is 11.2. The number of benzene rings is 1. The number of nitrogen functional groups attached to an aromatic ring is 1. The molecule has 0 spiro atoms. The first-order valence-corrected chi connectivity index (χ1v) is 7.71. The summed E-state index contributed by atoms with van der Waals surface area (Å²) < 4.78 is 39.4. The molecule has 4 nitrogen and oxygen atoms in total. The van der Waals surface area contributed by atoms with Gasteiger partial charge in [-0.3, -0.25) is 0 Å². The van der Waals surface area contributed by atoms with Gasteiger partial charge in [-0.1, -0.05) is 6.92 Å². The van der Waals surface area contributed by atoms with Crippen LogP contribution in [0.25, 0.3) is 0 Å². The highest BCUT2D eigenvalue weighted by atomic mass is 32.2. The van der Waals surface area contributed by atoms with E-state index >= 15 is 0 Å². The number of hydrogen-bond donors (Lipinski definition) is 2. The second-order valence-corrected chi connectivity index (χ2v) is 6.60. The molecule has 1 aromatic rings. The van der Waals surface area contributed by atoms with Crippen molar-refractivity contribution in [3.05, 3.63) is 24.0 Å². The van der Waals surface area contributed by atoms with Crippen molar-refractivity contribution in [2.75, 3.05) is 18.5 Å². The van der Waals surface area contributed by atoms with E-state index in [4.69, 9.17) is 5.73 Å². The van der Waals surface area contributed by atoms with Crippen LogP contribution in [0, 0.1) is 5.82 Å². The van der Waals surface area contributed by atoms with Crippen molar-refractivity contribution >= 4 is 27.5 Å². The fourth-order valence-corrected chi connectivity index (χ4v) is 2.71. The van der Waals surface area contributed by atoms with Crippen LogP contribution in [0.1, 0.15) is 6.92 Å². The second kappa shape index (κ2) is 5.70. The van der Waals surface area contributed by atoms with Crippen LogP contribution < -0.4 is 10.5 Å². The summed E-state index contributed by atoms with van der Waals surface area (Å²) in [5, 5.41) is 0.119. The smallest absolute Gasteiger partial charge is 0.243 e. The van der Waals surface area contributed by atoms with E-state index in [0.29, 0.717) is 0 Å². The van der Waals surface area contributed by atoms with Gasteiger partial charge in [0.2, 0.25) is 10.0 Å². The molecule has 0 radical (unpaired) electrons. The average Bonchev–Trinajstić information content (AvgIpc) is 2.29. The normalized spacial score (nSPS) is 13.6. The Morgan fingerprint density at radius 3 is 2.76 bits per heavy atom. The third-order valence-electron chi connectivity index (χ3n) is 2.21. The summed E-state index contributed by atoms with van der Waals surface area (Å²) in [6, 6.07) is 3.47. The van der Waals surface area contributed by atoms with E-state index in [1.165, 1.54) is 17.8 Å². The lowest BCUT2D eigenvalue weighted by Gasteiger charge is -2.11. The Labute approximate surface area is 105 Å². The van der Waals surface area contributed by atoms with E-state index < -0.39 is 20.7 Å². The summed E-state index contributed by atoms with van der Waals surface area (Å²) in [5.41, 5.74) is 5.66. The molecule has 0 fully saturated rings. The Balaban J connectivity index is 2.93. The first-order valence-electron chi connectivity index (χ1n) is 4.94. The Morgan fingerprint density at radius 2 is 2.18 bits per heavy atom. The molecule has 1 aromatic carbocycles. The number of thioether (sulfide) groups is 1. The van der Waals surface area contributed by atoms with Gasteiger partial charge >= 0.3 is 0 Å². The number of hydrogen-bond acceptors (Lipinski definition) is 4. The standard InChI is InChI=1S/C10H15FN2O2S2/c1-7(16-2)6-13-17(14,15)10-5-8(12)3-4-9(10)11/h3-5,7,13H,6,12H2,1-2H3. The van der Waals surface area contributed by atoms with Crippen LogP contribution in [-0.4, -0.2) is 26.5 Å². The number of anilines is 1. The van der Waals surface area contributed by atoms with Gasteiger partial charge in [-0.15, -0.1) is 0 Å². The molecule has 96 valence electrons. The molecular formula is C10H15FN2O2S2. The lowest BCUT2D eigenvalue weighted by molar-refractivity contribution is 0.557. The highest BCUT2D eigenvalue weighted by Gasteiger charge is 2.19. The fourth-order valence-electron chi connectivity index (χ4n) is 1.11. The zero-order valence-electron chi connectivity index (χ0n) is 9.60. The van der Waals surface area contributed by atoms with E-state index in [2.05, 4.69) is 4.72 Å². The van der Waals surface area contributed by atoms with Gasteiger partial charge in [-0.05, 0) is 24.5 Å². The van der Waals surface area contributed by atoms with Gasteiger partial charge in [0.15, 0.2) is 0 Å². The highest BCUT2D eigenvalue weighted by molar-refractivity contribution is 7.99. The first kappa shape index (κ1) is 14.3. The third kappa shape index (κ3) is 3.86. The monoisotopic (exact) mass is 278 g/mol. The van der Waals surface area contributed by atoms with Gasteiger partial charge in [0.1, 0.15) is 10.7 Å². The van der Waals surface area contributed by atoms with Gasteiger partial charge in [0.25, 0.3) is 0 Å². The Hall–Kier alpha value is -0.790. The second-order valence-electron chi connectivity index (χ2n) is 3.59. The van der Waals surface area contributed by atoms with Crippen molar-refractivity contribution < 1.29 is 12.8 Å². The fraction of sp³-hybridized carbons (Fsp3) is 0.400. The van der Waals surface area contributed by atoms with Crippen molar-refractivity contribution in [1.82, 2.24) is 4.72 Å². The van der Waals surface area contributed by atoms with Crippen LogP contribution >= 0.6 is 11.8 Å². The van der Waals surface area contributed by atoms with Gasteiger partial charge in [0, 0.05) is 17.5 Å². The van der Waals surface area contributed by atoms with Crippen LogP contribution in [-0.2, 0) is 10.0 Å². The summed E-state index contributed by atoms with van der Waals surface area (Å²) in [7, 11) is -3.84. The van der Waals surface area contributed by atoms with Crippen LogP contribution in [0.3, 0.4) is 0 Å². The maximum absolute atomic E-state index is 13.4. The van der Waals surface area contributed by atoms with E-state index in [-0.39, 0.29) is 17.5 Å². The molecule has 0 saturated carbocycles. The van der Waals surface area contributed by atoms with Gasteiger partial charge in [-0.25, -0.2) is 17.5 Å². The molecule has 0 aromatic heterocycles. The predicted molar refractivity (Wildman–Crippen MR) is 69.0 cm³/mol. The number of nitrogens with two attached hydrogens (primary N) is 1. The summed E-state index contributed by atoms with van der Waals surface area (Å²) >= 11 is 1.52. The molecule has 0 saturated heterocycles. The Kier molecular flexibility index (Phi) is 4.79. The van der Waals surface area contributed by atoms with Crippen LogP contribution in [0.5, 0.6) is 0 Å². The van der Waals surface area contributed by atoms with Crippen LogP contribution in [0.15, 0.2) is 23.1 Å². The quantitative estimate of drug-likeness (QED) is 0.799. The highest BCUT2D eigenvalue weighted by Crippen LogP contribution is 2.17. The van der Waals surface area contributed by atoms with Crippen molar-refractivity contribution in [1.29, 1.82) is 0 Å². The molecule has 3 N–H and O–H groups in total.